The number of carbonyl (C=O) groups is 6. The van der Waals surface area contributed by atoms with Crippen molar-refractivity contribution in [1.82, 2.24) is 10.2 Å². The van der Waals surface area contributed by atoms with Gasteiger partial charge in [-0.05, 0) is 107 Å². The van der Waals surface area contributed by atoms with Crippen molar-refractivity contribution in [2.24, 2.45) is 11.5 Å². The Labute approximate surface area is 410 Å². The second-order valence-corrected chi connectivity index (χ2v) is 20.9. The molecule has 5 N–H and O–H groups in total. The number of carbonyl (C=O) groups excluding carboxylic acids is 6. The molecule has 0 saturated heterocycles. The summed E-state index contributed by atoms with van der Waals surface area (Å²) in [4.78, 5) is 77.3. The average molecular weight is 1040 g/mol. The van der Waals surface area contributed by atoms with Crippen molar-refractivity contribution >= 4 is 97.1 Å². The van der Waals surface area contributed by atoms with Crippen LogP contribution in [0.1, 0.15) is 119 Å². The molecule has 6 rings (SSSR count). The van der Waals surface area contributed by atoms with Crippen LogP contribution in [0.5, 0.6) is 0 Å². The van der Waals surface area contributed by atoms with E-state index in [9.17, 15) is 28.8 Å². The van der Waals surface area contributed by atoms with Crippen LogP contribution in [-0.4, -0.2) is 76.4 Å². The fourth-order valence-electron chi connectivity index (χ4n) is 6.93. The van der Waals surface area contributed by atoms with E-state index >= 15 is 0 Å². The molecule has 356 valence electrons. The Kier molecular flexibility index (Phi) is 22.7. The van der Waals surface area contributed by atoms with Gasteiger partial charge in [-0.2, -0.15) is 0 Å². The van der Waals surface area contributed by atoms with Crippen LogP contribution in [0.3, 0.4) is 0 Å². The van der Waals surface area contributed by atoms with Gasteiger partial charge in [0.05, 0.1) is 17.7 Å². The van der Waals surface area contributed by atoms with Crippen molar-refractivity contribution < 1.29 is 38.2 Å². The van der Waals surface area contributed by atoms with E-state index in [0.717, 1.165) is 56.4 Å². The maximum absolute atomic E-state index is 12.6. The topological polar surface area (TPSA) is 188 Å². The van der Waals surface area contributed by atoms with E-state index in [0.29, 0.717) is 52.0 Å². The fourth-order valence-corrected chi connectivity index (χ4v) is 10.1. The molecule has 12 nitrogen and oxygen atoms in total. The molecule has 0 fully saturated rings. The lowest BCUT2D eigenvalue weighted by atomic mass is 9.98. The summed E-state index contributed by atoms with van der Waals surface area (Å²) in [6.45, 7) is 14.0. The number of thiophene rings is 2. The SMILES string of the molecule is C.C.CC(C)(C)OC(=O)CBr.CC(C)(C)OC(=O)CN1CCc2c(sc(CC(=O)Cc3ccc(Cl)cc3)c2C(N)=O)C1.NC(=O)c1c(CC(=O)Cc2ccc(Cl)cc2)sc2c1CCNC2. The third-order valence-electron chi connectivity index (χ3n) is 9.35. The van der Waals surface area contributed by atoms with E-state index in [-0.39, 0.29) is 75.1 Å². The van der Waals surface area contributed by atoms with Gasteiger partial charge in [0.15, 0.2) is 0 Å². The molecule has 17 heteroatoms. The Hall–Kier alpha value is -3.96. The Morgan fingerprint density at radius 2 is 1.11 bits per heavy atom. The predicted molar refractivity (Wildman–Crippen MR) is 267 cm³/mol. The molecule has 0 saturated carbocycles. The molecule has 0 atom stereocenters. The minimum absolute atomic E-state index is 0. The second kappa shape index (κ2) is 25.8. The van der Waals surface area contributed by atoms with Crippen molar-refractivity contribution in [1.29, 1.82) is 0 Å². The summed E-state index contributed by atoms with van der Waals surface area (Å²) in [5, 5.41) is 4.82. The Balaban J connectivity index is 0.000000376. The van der Waals surface area contributed by atoms with Crippen molar-refractivity contribution in [3.63, 3.8) is 0 Å². The second-order valence-electron chi connectivity index (χ2n) is 17.1. The summed E-state index contributed by atoms with van der Waals surface area (Å²) in [7, 11) is 0. The summed E-state index contributed by atoms with van der Waals surface area (Å²) >= 11 is 17.7. The molecule has 0 spiro atoms. The number of nitrogens with two attached hydrogens (primary N) is 2. The predicted octanol–water partition coefficient (Wildman–Crippen LogP) is 9.05. The number of nitrogens with zero attached hydrogens (tertiary/aromatic N) is 1. The van der Waals surface area contributed by atoms with Gasteiger partial charge in [0.2, 0.25) is 11.8 Å². The van der Waals surface area contributed by atoms with E-state index in [1.165, 1.54) is 22.7 Å². The molecule has 0 unspecified atom stereocenters. The standard InChI is InChI=1S/C23H27ClN2O4S.C17H17ClN2O2S.C6H11BrO2.2CH4/c1-23(2,3)30-20(28)13-26-9-8-17-19(12-26)31-18(21(17)22(25)29)11-16(27)10-14-4-6-15(24)7-5-14;18-11-3-1-10(2-4-11)7-12(21)8-14-16(17(19)22)13-5-6-20-9-15(13)23-14;1-6(2,3)9-5(8)4-7;;/h4-7H,8-13H2,1-3H3,(H2,25,29);1-4,20H,5-9H2,(H2,19,22);4H2,1-3H3;2*1H4. The van der Waals surface area contributed by atoms with E-state index < -0.39 is 17.4 Å². The third kappa shape index (κ3) is 18.7. The van der Waals surface area contributed by atoms with Crippen LogP contribution in [0.15, 0.2) is 48.5 Å². The summed E-state index contributed by atoms with van der Waals surface area (Å²) in [5.74, 6) is -1.36. The molecule has 0 bridgehead atoms. The Bertz CT molecular complexity index is 2280. The zero-order valence-electron chi connectivity index (χ0n) is 36.4. The van der Waals surface area contributed by atoms with E-state index in [4.69, 9.17) is 44.1 Å². The maximum atomic E-state index is 12.6. The number of primary amides is 2. The summed E-state index contributed by atoms with van der Waals surface area (Å²) in [6, 6.07) is 14.4. The van der Waals surface area contributed by atoms with Gasteiger partial charge < -0.3 is 26.3 Å². The molecule has 0 radical (unpaired) electrons. The van der Waals surface area contributed by atoms with Crippen LogP contribution >= 0.6 is 61.8 Å². The summed E-state index contributed by atoms with van der Waals surface area (Å²) in [6.07, 6.45) is 2.40. The Morgan fingerprint density at radius 3 is 1.52 bits per heavy atom. The van der Waals surface area contributed by atoms with Gasteiger partial charge in [0.25, 0.3) is 0 Å². The minimum Gasteiger partial charge on any atom is -0.459 e. The van der Waals surface area contributed by atoms with Crippen molar-refractivity contribution in [2.75, 3.05) is 25.0 Å². The molecular weight excluding hydrogens is 975 g/mol. The average Bonchev–Trinajstić information content (AvgIpc) is 3.72. The van der Waals surface area contributed by atoms with Crippen molar-refractivity contribution in [3.05, 3.63) is 111 Å². The highest BCUT2D eigenvalue weighted by Gasteiger charge is 2.30. The number of esters is 2. The smallest absolute Gasteiger partial charge is 0.320 e. The third-order valence-corrected chi connectivity index (χ3v) is 12.8. The van der Waals surface area contributed by atoms with Crippen LogP contribution in [0.4, 0.5) is 0 Å². The highest BCUT2D eigenvalue weighted by molar-refractivity contribution is 9.09. The van der Waals surface area contributed by atoms with E-state index in [1.807, 2.05) is 70.7 Å². The largest absolute Gasteiger partial charge is 0.459 e. The quantitative estimate of drug-likeness (QED) is 0.0861. The highest BCUT2D eigenvalue weighted by Crippen LogP contribution is 2.34. The zero-order chi connectivity index (χ0) is 46.6. The zero-order valence-corrected chi connectivity index (χ0v) is 41.2. The summed E-state index contributed by atoms with van der Waals surface area (Å²) in [5.41, 5.74) is 15.1. The van der Waals surface area contributed by atoms with Crippen LogP contribution in [0.25, 0.3) is 0 Å². The Morgan fingerprint density at radius 1 is 0.677 bits per heavy atom. The molecule has 2 aromatic heterocycles. The van der Waals surface area contributed by atoms with Gasteiger partial charge in [-0.15, -0.1) is 22.7 Å². The molecular formula is C48H63BrCl2N4O8S2. The van der Waals surface area contributed by atoms with Crippen LogP contribution in [-0.2, 0) is 80.3 Å². The number of fused-ring (bicyclic) bond motifs is 2. The number of halogens is 3. The van der Waals surface area contributed by atoms with Gasteiger partial charge >= 0.3 is 11.9 Å². The molecule has 2 aromatic carbocycles. The van der Waals surface area contributed by atoms with Gasteiger partial charge in [0.1, 0.15) is 28.1 Å². The lowest BCUT2D eigenvalue weighted by Crippen LogP contribution is -2.37. The van der Waals surface area contributed by atoms with E-state index in [2.05, 4.69) is 21.2 Å². The normalized spacial score (nSPS) is 13.1. The number of benzene rings is 2. The molecule has 4 heterocycles. The number of ether oxygens (including phenoxy) is 2. The van der Waals surface area contributed by atoms with Gasteiger partial charge in [-0.25, -0.2) is 0 Å². The summed E-state index contributed by atoms with van der Waals surface area (Å²) < 4.78 is 10.3. The van der Waals surface area contributed by atoms with Crippen molar-refractivity contribution in [3.8, 4) is 0 Å². The molecule has 4 aromatic rings. The number of alkyl halides is 1. The van der Waals surface area contributed by atoms with Gasteiger partial charge in [-0.3, -0.25) is 33.7 Å². The monoisotopic (exact) mass is 1040 g/mol. The van der Waals surface area contributed by atoms with Gasteiger partial charge in [0, 0.05) is 74.9 Å². The number of amides is 2. The molecule has 2 aliphatic heterocycles. The lowest BCUT2D eigenvalue weighted by Gasteiger charge is -2.28. The number of nitrogens with one attached hydrogen (secondary N) is 1. The minimum atomic E-state index is -0.530. The molecule has 65 heavy (non-hydrogen) atoms. The number of hydrogen-bond acceptors (Lipinski definition) is 12. The first-order chi connectivity index (χ1) is 29.5. The number of Topliss-reactive ketones (excluding diaryl/α,β-unsaturated/α-hetero) is 2. The van der Waals surface area contributed by atoms with Crippen LogP contribution in [0.2, 0.25) is 10.0 Å². The van der Waals surface area contributed by atoms with E-state index in [1.54, 1.807) is 24.3 Å². The number of ketones is 2. The van der Waals surface area contributed by atoms with Crippen LogP contribution < -0.4 is 16.8 Å². The first-order valence-electron chi connectivity index (χ1n) is 20.3. The maximum Gasteiger partial charge on any atom is 0.320 e. The van der Waals surface area contributed by atoms with Gasteiger partial charge in [-0.1, -0.05) is 78.3 Å². The highest BCUT2D eigenvalue weighted by atomic mass is 79.9. The van der Waals surface area contributed by atoms with Crippen molar-refractivity contribution in [2.45, 2.75) is 119 Å². The molecule has 2 aliphatic rings. The first-order valence-corrected chi connectivity index (χ1v) is 23.8. The first kappa shape index (κ1) is 57.2. The fraction of sp³-hybridized carbons (Fsp3) is 0.458. The van der Waals surface area contributed by atoms with Crippen LogP contribution in [0, 0.1) is 0 Å². The number of rotatable bonds is 13. The molecule has 2 amide bonds. The number of hydrogen-bond donors (Lipinski definition) is 3. The lowest BCUT2D eigenvalue weighted by molar-refractivity contribution is -0.156. The molecule has 0 aliphatic carbocycles.